The first kappa shape index (κ1) is 12.9. The van der Waals surface area contributed by atoms with Crippen molar-refractivity contribution in [1.82, 2.24) is 14.5 Å². The van der Waals surface area contributed by atoms with Crippen molar-refractivity contribution in [2.45, 2.75) is 19.5 Å². The number of hydrogen-bond donors (Lipinski definition) is 1. The predicted molar refractivity (Wildman–Crippen MR) is 74.6 cm³/mol. The molecule has 5 nitrogen and oxygen atoms in total. The van der Waals surface area contributed by atoms with Crippen LogP contribution in [-0.2, 0) is 19.5 Å². The molecule has 2 heterocycles. The molecule has 0 amide bonds. The molecule has 0 atom stereocenters. The molecule has 1 aromatic carbocycles. The molecule has 3 rings (SSSR count). The van der Waals surface area contributed by atoms with Crippen LogP contribution in [0.3, 0.4) is 0 Å². The van der Waals surface area contributed by atoms with Crippen LogP contribution in [0.25, 0.3) is 0 Å². The lowest BCUT2D eigenvalue weighted by atomic mass is 9.97. The van der Waals surface area contributed by atoms with E-state index in [0.717, 1.165) is 38.2 Å². The first-order valence-electron chi connectivity index (χ1n) is 6.75. The summed E-state index contributed by atoms with van der Waals surface area (Å²) in [4.78, 5) is 17.4. The van der Waals surface area contributed by atoms with Gasteiger partial charge < -0.3 is 9.67 Å². The number of hydrogen-bond acceptors (Lipinski definition) is 3. The van der Waals surface area contributed by atoms with Crippen molar-refractivity contribution in [2.75, 3.05) is 13.1 Å². The van der Waals surface area contributed by atoms with Gasteiger partial charge in [0.2, 0.25) is 0 Å². The van der Waals surface area contributed by atoms with Crippen molar-refractivity contribution in [3.8, 4) is 0 Å². The van der Waals surface area contributed by atoms with Crippen LogP contribution in [0, 0.1) is 0 Å². The fraction of sp³-hybridized carbons (Fsp3) is 0.333. The fourth-order valence-electron chi connectivity index (χ4n) is 2.62. The Hall–Kier alpha value is -2.14. The maximum Gasteiger partial charge on any atom is 0.335 e. The maximum atomic E-state index is 11.0. The molecule has 1 N–H and O–H groups in total. The largest absolute Gasteiger partial charge is 0.478 e. The van der Waals surface area contributed by atoms with Gasteiger partial charge in [-0.25, -0.2) is 9.78 Å². The van der Waals surface area contributed by atoms with Crippen LogP contribution >= 0.6 is 0 Å². The lowest BCUT2D eigenvalue weighted by molar-refractivity contribution is 0.0696. The summed E-state index contributed by atoms with van der Waals surface area (Å²) < 4.78 is 2.06. The number of carboxylic acids is 1. The molecule has 0 saturated heterocycles. The molecule has 104 valence electrons. The highest BCUT2D eigenvalue weighted by Crippen LogP contribution is 2.20. The number of carbonyl (C=O) groups is 1. The first-order valence-corrected chi connectivity index (χ1v) is 6.75. The second-order valence-electron chi connectivity index (χ2n) is 5.12. The number of imidazole rings is 1. The monoisotopic (exact) mass is 271 g/mol. The van der Waals surface area contributed by atoms with Crippen molar-refractivity contribution in [2.24, 2.45) is 0 Å². The first-order chi connectivity index (χ1) is 9.72. The van der Waals surface area contributed by atoms with Crippen LogP contribution in [0.1, 0.15) is 21.5 Å². The van der Waals surface area contributed by atoms with Crippen molar-refractivity contribution in [1.29, 1.82) is 0 Å². The minimum absolute atomic E-state index is 0.375. The SMILES string of the molecule is O=C(O)c1ccc2c(c1)CN(CCn1ccnc1)CC2. The van der Waals surface area contributed by atoms with Gasteiger partial charge in [0.05, 0.1) is 11.9 Å². The van der Waals surface area contributed by atoms with Crippen LogP contribution in [0.5, 0.6) is 0 Å². The zero-order chi connectivity index (χ0) is 13.9. The number of aromatic carboxylic acids is 1. The Morgan fingerprint density at radius 3 is 2.95 bits per heavy atom. The molecule has 5 heteroatoms. The third-order valence-electron chi connectivity index (χ3n) is 3.78. The van der Waals surface area contributed by atoms with Crippen molar-refractivity contribution < 1.29 is 9.90 Å². The van der Waals surface area contributed by atoms with Gasteiger partial charge in [-0.3, -0.25) is 4.90 Å². The van der Waals surface area contributed by atoms with E-state index in [2.05, 4.69) is 14.5 Å². The third kappa shape index (κ3) is 2.72. The van der Waals surface area contributed by atoms with Gasteiger partial charge in [-0.15, -0.1) is 0 Å². The third-order valence-corrected chi connectivity index (χ3v) is 3.78. The lowest BCUT2D eigenvalue weighted by Gasteiger charge is -2.29. The van der Waals surface area contributed by atoms with Crippen molar-refractivity contribution in [3.63, 3.8) is 0 Å². The number of benzene rings is 1. The molecule has 0 fully saturated rings. The van der Waals surface area contributed by atoms with E-state index in [4.69, 9.17) is 5.11 Å². The summed E-state index contributed by atoms with van der Waals surface area (Å²) >= 11 is 0. The molecule has 1 aliphatic rings. The molecule has 2 aromatic rings. The molecule has 0 spiro atoms. The molecule has 0 bridgehead atoms. The zero-order valence-electron chi connectivity index (χ0n) is 11.2. The summed E-state index contributed by atoms with van der Waals surface area (Å²) in [6.07, 6.45) is 6.55. The molecular weight excluding hydrogens is 254 g/mol. The quantitative estimate of drug-likeness (QED) is 0.918. The van der Waals surface area contributed by atoms with E-state index in [0.29, 0.717) is 5.56 Å². The smallest absolute Gasteiger partial charge is 0.335 e. The molecule has 0 radical (unpaired) electrons. The molecule has 1 aromatic heterocycles. The van der Waals surface area contributed by atoms with Crippen LogP contribution < -0.4 is 0 Å². The normalized spacial score (nSPS) is 15.0. The average molecular weight is 271 g/mol. The van der Waals surface area contributed by atoms with Gasteiger partial charge in [-0.05, 0) is 29.7 Å². The summed E-state index contributed by atoms with van der Waals surface area (Å²) in [6.45, 7) is 3.71. The molecule has 0 unspecified atom stereocenters. The standard InChI is InChI=1S/C15H17N3O2/c19-15(20)13-2-1-12-3-5-17(10-14(12)9-13)7-8-18-6-4-16-11-18/h1-2,4,6,9,11H,3,5,7-8,10H2,(H,19,20). The van der Waals surface area contributed by atoms with Gasteiger partial charge in [-0.2, -0.15) is 0 Å². The van der Waals surface area contributed by atoms with E-state index >= 15 is 0 Å². The molecule has 1 aliphatic heterocycles. The second kappa shape index (κ2) is 5.46. The summed E-state index contributed by atoms with van der Waals surface area (Å²) in [5.41, 5.74) is 2.79. The Morgan fingerprint density at radius 1 is 1.30 bits per heavy atom. The van der Waals surface area contributed by atoms with Gasteiger partial charge >= 0.3 is 5.97 Å². The summed E-state index contributed by atoms with van der Waals surface area (Å²) in [5.74, 6) is -0.858. The van der Waals surface area contributed by atoms with Gasteiger partial charge in [0.25, 0.3) is 0 Å². The maximum absolute atomic E-state index is 11.0. The number of fused-ring (bicyclic) bond motifs is 1. The van der Waals surface area contributed by atoms with E-state index in [-0.39, 0.29) is 0 Å². The van der Waals surface area contributed by atoms with E-state index in [1.807, 2.05) is 18.6 Å². The topological polar surface area (TPSA) is 58.4 Å². The lowest BCUT2D eigenvalue weighted by Crippen LogP contribution is -2.33. The summed E-state index contributed by atoms with van der Waals surface area (Å²) in [7, 11) is 0. The van der Waals surface area contributed by atoms with Crippen LogP contribution in [-0.4, -0.2) is 38.6 Å². The van der Waals surface area contributed by atoms with Gasteiger partial charge in [0.1, 0.15) is 0 Å². The van der Waals surface area contributed by atoms with Crippen molar-refractivity contribution in [3.05, 3.63) is 53.6 Å². The Morgan fingerprint density at radius 2 is 2.20 bits per heavy atom. The second-order valence-corrected chi connectivity index (χ2v) is 5.12. The highest BCUT2D eigenvalue weighted by atomic mass is 16.4. The summed E-state index contributed by atoms with van der Waals surface area (Å²) in [5, 5.41) is 9.06. The fourth-order valence-corrected chi connectivity index (χ4v) is 2.62. The van der Waals surface area contributed by atoms with E-state index in [1.54, 1.807) is 18.3 Å². The number of rotatable bonds is 4. The minimum Gasteiger partial charge on any atom is -0.478 e. The molecule has 0 aliphatic carbocycles. The Labute approximate surface area is 117 Å². The van der Waals surface area contributed by atoms with E-state index in [1.165, 1.54) is 5.56 Å². The van der Waals surface area contributed by atoms with Gasteiger partial charge in [0.15, 0.2) is 0 Å². The summed E-state index contributed by atoms with van der Waals surface area (Å²) in [6, 6.07) is 5.45. The zero-order valence-corrected chi connectivity index (χ0v) is 11.2. The van der Waals surface area contributed by atoms with Crippen LogP contribution in [0.15, 0.2) is 36.9 Å². The van der Waals surface area contributed by atoms with E-state index < -0.39 is 5.97 Å². The predicted octanol–water partition coefficient (Wildman–Crippen LogP) is 1.64. The Kier molecular flexibility index (Phi) is 3.52. The number of carboxylic acid groups (broad SMARTS) is 1. The number of nitrogens with zero attached hydrogens (tertiary/aromatic N) is 3. The Balaban J connectivity index is 1.67. The van der Waals surface area contributed by atoms with Crippen LogP contribution in [0.2, 0.25) is 0 Å². The highest BCUT2D eigenvalue weighted by molar-refractivity contribution is 5.87. The minimum atomic E-state index is -0.858. The van der Waals surface area contributed by atoms with Gasteiger partial charge in [0, 0.05) is 38.6 Å². The van der Waals surface area contributed by atoms with Gasteiger partial charge in [-0.1, -0.05) is 6.07 Å². The van der Waals surface area contributed by atoms with Crippen LogP contribution in [0.4, 0.5) is 0 Å². The molecular formula is C15H17N3O2. The van der Waals surface area contributed by atoms with Crippen molar-refractivity contribution >= 4 is 5.97 Å². The van der Waals surface area contributed by atoms with E-state index in [9.17, 15) is 4.79 Å². The highest BCUT2D eigenvalue weighted by Gasteiger charge is 2.17. The Bertz CT molecular complexity index is 608. The number of aromatic nitrogens is 2. The molecule has 0 saturated carbocycles. The average Bonchev–Trinajstić information content (AvgIpc) is 2.97. The molecule has 20 heavy (non-hydrogen) atoms.